The number of rotatable bonds is 5. The van der Waals surface area contributed by atoms with E-state index in [1.54, 1.807) is 0 Å². The lowest BCUT2D eigenvalue weighted by Gasteiger charge is -2.17. The molecule has 2 aliphatic carbocycles. The third kappa shape index (κ3) is 3.18. The molecule has 0 radical (unpaired) electrons. The molecule has 2 fully saturated rings. The maximum atomic E-state index is 6.12. The average molecular weight is 266 g/mol. The zero-order valence-electron chi connectivity index (χ0n) is 10.6. The van der Waals surface area contributed by atoms with E-state index in [4.69, 9.17) is 16.3 Å². The maximum Gasteiger partial charge on any atom is 0.124 e. The largest absolute Gasteiger partial charge is 0.490 e. The van der Waals surface area contributed by atoms with Crippen LogP contribution in [0.5, 0.6) is 5.75 Å². The van der Waals surface area contributed by atoms with Crippen LogP contribution in [0.3, 0.4) is 0 Å². The van der Waals surface area contributed by atoms with Gasteiger partial charge in [0.25, 0.3) is 0 Å². The molecule has 18 heavy (non-hydrogen) atoms. The number of hydrogen-bond donors (Lipinski definition) is 1. The number of ether oxygens (including phenoxy) is 1. The fraction of sp³-hybridized carbons (Fsp3) is 0.600. The molecule has 1 aromatic carbocycles. The second-order valence-electron chi connectivity index (χ2n) is 5.43. The first kappa shape index (κ1) is 12.3. The highest BCUT2D eigenvalue weighted by Crippen LogP contribution is 2.29. The van der Waals surface area contributed by atoms with Crippen LogP contribution in [0, 0.1) is 0 Å². The Bertz CT molecular complexity index is 411. The second kappa shape index (κ2) is 5.50. The highest BCUT2D eigenvalue weighted by atomic mass is 35.5. The molecular weight excluding hydrogens is 246 g/mol. The first-order valence-corrected chi connectivity index (χ1v) is 7.37. The van der Waals surface area contributed by atoms with Crippen LogP contribution >= 0.6 is 11.6 Å². The minimum absolute atomic E-state index is 0.408. The van der Waals surface area contributed by atoms with Crippen LogP contribution < -0.4 is 10.1 Å². The van der Waals surface area contributed by atoms with E-state index in [0.29, 0.717) is 12.1 Å². The van der Waals surface area contributed by atoms with Crippen LogP contribution in [0.4, 0.5) is 0 Å². The molecule has 98 valence electrons. The zero-order chi connectivity index (χ0) is 12.4. The summed E-state index contributed by atoms with van der Waals surface area (Å²) < 4.78 is 6.12. The Morgan fingerprint density at radius 2 is 1.94 bits per heavy atom. The van der Waals surface area contributed by atoms with Crippen molar-refractivity contribution in [3.8, 4) is 5.75 Å². The number of hydrogen-bond acceptors (Lipinski definition) is 2. The third-order valence-electron chi connectivity index (χ3n) is 3.78. The Hall–Kier alpha value is -0.730. The molecule has 0 saturated heterocycles. The molecule has 2 nitrogen and oxygen atoms in total. The van der Waals surface area contributed by atoms with Gasteiger partial charge in [0.1, 0.15) is 5.75 Å². The Morgan fingerprint density at radius 1 is 1.17 bits per heavy atom. The summed E-state index contributed by atoms with van der Waals surface area (Å²) in [6.07, 6.45) is 8.00. The van der Waals surface area contributed by atoms with Crippen molar-refractivity contribution in [2.75, 3.05) is 0 Å². The predicted molar refractivity (Wildman–Crippen MR) is 74.2 cm³/mol. The fourth-order valence-corrected chi connectivity index (χ4v) is 2.72. The fourth-order valence-electron chi connectivity index (χ4n) is 2.53. The van der Waals surface area contributed by atoms with Gasteiger partial charge in [-0.3, -0.25) is 0 Å². The molecule has 1 aromatic rings. The van der Waals surface area contributed by atoms with Gasteiger partial charge in [0.2, 0.25) is 0 Å². The molecule has 2 saturated carbocycles. The first-order valence-electron chi connectivity index (χ1n) is 7.00. The van der Waals surface area contributed by atoms with Crippen LogP contribution in [-0.4, -0.2) is 12.1 Å². The molecule has 3 rings (SSSR count). The summed E-state index contributed by atoms with van der Waals surface area (Å²) in [4.78, 5) is 0. The molecule has 1 N–H and O–H groups in total. The van der Waals surface area contributed by atoms with Gasteiger partial charge in [-0.1, -0.05) is 11.6 Å². The van der Waals surface area contributed by atoms with E-state index in [1.807, 2.05) is 18.2 Å². The van der Waals surface area contributed by atoms with E-state index in [9.17, 15) is 0 Å². The predicted octanol–water partition coefficient (Wildman–Crippen LogP) is 3.91. The van der Waals surface area contributed by atoms with E-state index in [1.165, 1.54) is 44.1 Å². The van der Waals surface area contributed by atoms with Gasteiger partial charge in [-0.15, -0.1) is 0 Å². The summed E-state index contributed by atoms with van der Waals surface area (Å²) in [5, 5.41) is 4.32. The monoisotopic (exact) mass is 265 g/mol. The van der Waals surface area contributed by atoms with E-state index in [0.717, 1.165) is 17.3 Å². The van der Waals surface area contributed by atoms with Gasteiger partial charge >= 0.3 is 0 Å². The molecule has 0 unspecified atom stereocenters. The summed E-state index contributed by atoms with van der Waals surface area (Å²) >= 11 is 6.08. The van der Waals surface area contributed by atoms with E-state index >= 15 is 0 Å². The molecular formula is C15H20ClNO. The van der Waals surface area contributed by atoms with Crippen LogP contribution in [0.1, 0.15) is 44.1 Å². The van der Waals surface area contributed by atoms with Crippen LogP contribution in [0.25, 0.3) is 0 Å². The van der Waals surface area contributed by atoms with Crippen molar-refractivity contribution in [1.29, 1.82) is 0 Å². The van der Waals surface area contributed by atoms with Crippen molar-refractivity contribution in [1.82, 2.24) is 5.32 Å². The zero-order valence-corrected chi connectivity index (χ0v) is 11.4. The number of benzene rings is 1. The molecule has 0 bridgehead atoms. The lowest BCUT2D eigenvalue weighted by Crippen LogP contribution is -2.18. The highest BCUT2D eigenvalue weighted by molar-refractivity contribution is 6.30. The summed E-state index contributed by atoms with van der Waals surface area (Å²) in [6.45, 7) is 0.868. The number of halogens is 1. The van der Waals surface area contributed by atoms with Gasteiger partial charge < -0.3 is 10.1 Å². The topological polar surface area (TPSA) is 21.3 Å². The van der Waals surface area contributed by atoms with Crippen molar-refractivity contribution in [3.63, 3.8) is 0 Å². The first-order chi connectivity index (χ1) is 8.81. The number of nitrogens with one attached hydrogen (secondary N) is 1. The minimum Gasteiger partial charge on any atom is -0.490 e. The lowest BCUT2D eigenvalue weighted by atomic mass is 10.2. The van der Waals surface area contributed by atoms with Crippen LogP contribution in [0.15, 0.2) is 18.2 Å². The Kier molecular flexibility index (Phi) is 3.76. The van der Waals surface area contributed by atoms with Gasteiger partial charge in [0, 0.05) is 23.2 Å². The molecule has 0 aliphatic heterocycles. The molecule has 0 spiro atoms. The van der Waals surface area contributed by atoms with Gasteiger partial charge in [-0.2, -0.15) is 0 Å². The van der Waals surface area contributed by atoms with E-state index in [2.05, 4.69) is 5.32 Å². The van der Waals surface area contributed by atoms with Gasteiger partial charge in [0.15, 0.2) is 0 Å². The standard InChI is InChI=1S/C15H20ClNO/c16-12-5-8-15(18-14-3-1-2-4-14)11(9-12)10-17-13-6-7-13/h5,8-9,13-14,17H,1-4,6-7,10H2. The van der Waals surface area contributed by atoms with E-state index in [-0.39, 0.29) is 0 Å². The summed E-state index contributed by atoms with van der Waals surface area (Å²) in [5.41, 5.74) is 1.20. The molecule has 0 heterocycles. The smallest absolute Gasteiger partial charge is 0.124 e. The van der Waals surface area contributed by atoms with E-state index < -0.39 is 0 Å². The van der Waals surface area contributed by atoms with Gasteiger partial charge in [-0.25, -0.2) is 0 Å². The van der Waals surface area contributed by atoms with Crippen LogP contribution in [0.2, 0.25) is 5.02 Å². The van der Waals surface area contributed by atoms with Crippen molar-refractivity contribution in [3.05, 3.63) is 28.8 Å². The molecule has 3 heteroatoms. The minimum atomic E-state index is 0.408. The molecule has 0 amide bonds. The quantitative estimate of drug-likeness (QED) is 0.871. The highest BCUT2D eigenvalue weighted by Gasteiger charge is 2.22. The van der Waals surface area contributed by atoms with Crippen molar-refractivity contribution in [2.24, 2.45) is 0 Å². The summed E-state index contributed by atoms with van der Waals surface area (Å²) in [6, 6.07) is 6.68. The Labute approximate surface area is 114 Å². The maximum absolute atomic E-state index is 6.12. The summed E-state index contributed by atoms with van der Waals surface area (Å²) in [5.74, 6) is 1.01. The van der Waals surface area contributed by atoms with Crippen LogP contribution in [-0.2, 0) is 6.54 Å². The summed E-state index contributed by atoms with van der Waals surface area (Å²) in [7, 11) is 0. The van der Waals surface area contributed by atoms with Gasteiger partial charge in [0.05, 0.1) is 6.10 Å². The van der Waals surface area contributed by atoms with Crippen molar-refractivity contribution in [2.45, 2.75) is 57.2 Å². The van der Waals surface area contributed by atoms with Crippen molar-refractivity contribution >= 4 is 11.6 Å². The van der Waals surface area contributed by atoms with Gasteiger partial charge in [-0.05, 0) is 56.7 Å². The normalized spacial score (nSPS) is 20.3. The SMILES string of the molecule is Clc1ccc(OC2CCCC2)c(CNC2CC2)c1. The molecule has 0 aromatic heterocycles. The lowest BCUT2D eigenvalue weighted by molar-refractivity contribution is 0.207. The average Bonchev–Trinajstić information content (AvgIpc) is 3.06. The molecule has 2 aliphatic rings. The second-order valence-corrected chi connectivity index (χ2v) is 5.87. The Morgan fingerprint density at radius 3 is 2.67 bits per heavy atom. The Balaban J connectivity index is 1.69. The van der Waals surface area contributed by atoms with Crippen molar-refractivity contribution < 1.29 is 4.74 Å². The third-order valence-corrected chi connectivity index (χ3v) is 4.01. The molecule has 0 atom stereocenters.